The number of carbonyl (C=O) groups is 2. The van der Waals surface area contributed by atoms with E-state index in [4.69, 9.17) is 4.74 Å². The molecule has 0 heterocycles. The van der Waals surface area contributed by atoms with E-state index in [1.165, 1.54) is 0 Å². The van der Waals surface area contributed by atoms with E-state index in [9.17, 15) is 9.59 Å². The van der Waals surface area contributed by atoms with Crippen LogP contribution in [-0.4, -0.2) is 36.4 Å². The van der Waals surface area contributed by atoms with E-state index in [2.05, 4.69) is 10.9 Å². The van der Waals surface area contributed by atoms with Gasteiger partial charge in [0.2, 0.25) is 0 Å². The molecule has 6 heteroatoms. The maximum Gasteiger partial charge on any atom is 0.269 e. The van der Waals surface area contributed by atoms with Crippen molar-refractivity contribution < 1.29 is 14.3 Å². The van der Waals surface area contributed by atoms with Crippen LogP contribution >= 0.6 is 0 Å². The lowest BCUT2D eigenvalue weighted by molar-refractivity contribution is -0.127. The molecule has 0 saturated heterocycles. The monoisotopic (exact) mass is 369 g/mol. The standard InChI is InChI=1S/C21H27N3O3/c1-4-24(5-2)19(16-10-8-7-9-11-16)21(26)23-22-20(25)17-12-14-18(15-13-17)27-6-3/h7-15,19H,4-6H2,1-3H3,(H,22,25)(H,23,26). The molecule has 2 N–H and O–H groups in total. The predicted octanol–water partition coefficient (Wildman–Crippen LogP) is 2.93. The van der Waals surface area contributed by atoms with Crippen molar-refractivity contribution in [2.24, 2.45) is 0 Å². The predicted molar refractivity (Wildman–Crippen MR) is 105 cm³/mol. The minimum Gasteiger partial charge on any atom is -0.494 e. The summed E-state index contributed by atoms with van der Waals surface area (Å²) in [6, 6.07) is 15.8. The molecule has 0 aliphatic carbocycles. The van der Waals surface area contributed by atoms with Gasteiger partial charge in [0, 0.05) is 5.56 Å². The summed E-state index contributed by atoms with van der Waals surface area (Å²) in [4.78, 5) is 27.1. The van der Waals surface area contributed by atoms with E-state index in [1.807, 2.05) is 56.0 Å². The molecule has 2 aromatic carbocycles. The van der Waals surface area contributed by atoms with E-state index >= 15 is 0 Å². The first-order chi connectivity index (χ1) is 13.1. The molecular formula is C21H27N3O3. The van der Waals surface area contributed by atoms with Gasteiger partial charge >= 0.3 is 0 Å². The van der Waals surface area contributed by atoms with Gasteiger partial charge in [0.05, 0.1) is 6.61 Å². The summed E-state index contributed by atoms with van der Waals surface area (Å²) in [7, 11) is 0. The number of nitrogens with one attached hydrogen (secondary N) is 2. The zero-order valence-electron chi connectivity index (χ0n) is 16.1. The highest BCUT2D eigenvalue weighted by Crippen LogP contribution is 2.20. The number of hydrogen-bond donors (Lipinski definition) is 2. The molecule has 0 aliphatic rings. The molecule has 27 heavy (non-hydrogen) atoms. The number of hydrogen-bond acceptors (Lipinski definition) is 4. The molecule has 2 amide bonds. The minimum absolute atomic E-state index is 0.274. The number of likely N-dealkylation sites (N-methyl/N-ethyl adjacent to an activating group) is 1. The number of carbonyl (C=O) groups excluding carboxylic acids is 2. The molecule has 0 fully saturated rings. The molecule has 2 aromatic rings. The molecule has 0 saturated carbocycles. The molecule has 0 spiro atoms. The van der Waals surface area contributed by atoms with Crippen LogP contribution in [0, 0.1) is 0 Å². The highest BCUT2D eigenvalue weighted by molar-refractivity contribution is 5.96. The molecule has 2 rings (SSSR count). The Morgan fingerprint density at radius 1 is 0.926 bits per heavy atom. The molecule has 0 aromatic heterocycles. The Labute approximate surface area is 160 Å². The second-order valence-electron chi connectivity index (χ2n) is 5.94. The molecular weight excluding hydrogens is 342 g/mol. The van der Waals surface area contributed by atoms with Crippen LogP contribution in [0.4, 0.5) is 0 Å². The number of amides is 2. The van der Waals surface area contributed by atoms with Gasteiger partial charge in [-0.1, -0.05) is 44.2 Å². The number of benzene rings is 2. The maximum atomic E-state index is 12.8. The lowest BCUT2D eigenvalue weighted by Crippen LogP contribution is -2.48. The Hall–Kier alpha value is -2.86. The first-order valence-corrected chi connectivity index (χ1v) is 9.22. The number of hydrazine groups is 1. The summed E-state index contributed by atoms with van der Waals surface area (Å²) in [5, 5.41) is 0. The Balaban J connectivity index is 2.05. The van der Waals surface area contributed by atoms with E-state index in [-0.39, 0.29) is 11.8 Å². The van der Waals surface area contributed by atoms with E-state index in [0.717, 1.165) is 18.7 Å². The van der Waals surface area contributed by atoms with Crippen molar-refractivity contribution in [1.29, 1.82) is 0 Å². The third-order valence-corrected chi connectivity index (χ3v) is 4.27. The lowest BCUT2D eigenvalue weighted by Gasteiger charge is -2.29. The first kappa shape index (κ1) is 20.5. The summed E-state index contributed by atoms with van der Waals surface area (Å²) in [5.74, 6) is 0.0469. The largest absolute Gasteiger partial charge is 0.494 e. The van der Waals surface area contributed by atoms with Crippen LogP contribution in [0.15, 0.2) is 54.6 Å². The first-order valence-electron chi connectivity index (χ1n) is 9.22. The average molecular weight is 369 g/mol. The highest BCUT2D eigenvalue weighted by Gasteiger charge is 2.26. The van der Waals surface area contributed by atoms with Crippen LogP contribution in [0.1, 0.15) is 42.7 Å². The van der Waals surface area contributed by atoms with Crippen molar-refractivity contribution in [3.05, 3.63) is 65.7 Å². The average Bonchev–Trinajstić information content (AvgIpc) is 2.71. The Bertz CT molecular complexity index is 728. The SMILES string of the molecule is CCOc1ccc(C(=O)NNC(=O)C(c2ccccc2)N(CC)CC)cc1. The van der Waals surface area contributed by atoms with Crippen molar-refractivity contribution in [2.45, 2.75) is 26.8 Å². The molecule has 0 bridgehead atoms. The fourth-order valence-corrected chi connectivity index (χ4v) is 2.88. The third-order valence-electron chi connectivity index (χ3n) is 4.27. The van der Waals surface area contributed by atoms with Gasteiger partial charge in [-0.05, 0) is 49.8 Å². The van der Waals surface area contributed by atoms with Crippen LogP contribution < -0.4 is 15.6 Å². The summed E-state index contributed by atoms with van der Waals surface area (Å²) in [6.45, 7) is 7.91. The van der Waals surface area contributed by atoms with Crippen molar-refractivity contribution in [3.63, 3.8) is 0 Å². The van der Waals surface area contributed by atoms with Crippen LogP contribution in [0.2, 0.25) is 0 Å². The Kier molecular flexibility index (Phi) is 7.82. The van der Waals surface area contributed by atoms with Gasteiger partial charge in [0.1, 0.15) is 11.8 Å². The molecule has 1 unspecified atom stereocenters. The topological polar surface area (TPSA) is 70.7 Å². The van der Waals surface area contributed by atoms with E-state index in [0.29, 0.717) is 17.9 Å². The number of rotatable bonds is 8. The van der Waals surface area contributed by atoms with E-state index < -0.39 is 6.04 Å². The third kappa shape index (κ3) is 5.56. The zero-order valence-corrected chi connectivity index (χ0v) is 16.1. The van der Waals surface area contributed by atoms with Gasteiger partial charge in [0.15, 0.2) is 0 Å². The summed E-state index contributed by atoms with van der Waals surface area (Å²) in [5.41, 5.74) is 6.38. The molecule has 0 radical (unpaired) electrons. The Morgan fingerprint density at radius 2 is 1.56 bits per heavy atom. The highest BCUT2D eigenvalue weighted by atomic mass is 16.5. The van der Waals surface area contributed by atoms with Gasteiger partial charge in [-0.25, -0.2) is 0 Å². The van der Waals surface area contributed by atoms with Crippen LogP contribution in [-0.2, 0) is 4.79 Å². The molecule has 6 nitrogen and oxygen atoms in total. The van der Waals surface area contributed by atoms with Gasteiger partial charge in [-0.15, -0.1) is 0 Å². The maximum absolute atomic E-state index is 12.8. The normalized spacial score (nSPS) is 11.7. The molecule has 144 valence electrons. The molecule has 0 aliphatic heterocycles. The van der Waals surface area contributed by atoms with Gasteiger partial charge < -0.3 is 4.74 Å². The number of ether oxygens (including phenoxy) is 1. The smallest absolute Gasteiger partial charge is 0.269 e. The van der Waals surface area contributed by atoms with Crippen molar-refractivity contribution >= 4 is 11.8 Å². The quantitative estimate of drug-likeness (QED) is 0.702. The van der Waals surface area contributed by atoms with Crippen LogP contribution in [0.25, 0.3) is 0 Å². The molecule has 1 atom stereocenters. The fourth-order valence-electron chi connectivity index (χ4n) is 2.88. The fraction of sp³-hybridized carbons (Fsp3) is 0.333. The zero-order chi connectivity index (χ0) is 19.6. The number of nitrogens with zero attached hydrogens (tertiary/aromatic N) is 1. The van der Waals surface area contributed by atoms with E-state index in [1.54, 1.807) is 24.3 Å². The summed E-state index contributed by atoms with van der Waals surface area (Å²) in [6.07, 6.45) is 0. The van der Waals surface area contributed by atoms with Gasteiger partial charge in [0.25, 0.3) is 11.8 Å². The van der Waals surface area contributed by atoms with Crippen molar-refractivity contribution in [3.8, 4) is 5.75 Å². The minimum atomic E-state index is -0.471. The van der Waals surface area contributed by atoms with Gasteiger partial charge in [-0.2, -0.15) is 0 Å². The van der Waals surface area contributed by atoms with Crippen LogP contribution in [0.3, 0.4) is 0 Å². The second kappa shape index (κ2) is 10.3. The lowest BCUT2D eigenvalue weighted by atomic mass is 10.0. The van der Waals surface area contributed by atoms with Gasteiger partial charge in [-0.3, -0.25) is 25.3 Å². The van der Waals surface area contributed by atoms with Crippen molar-refractivity contribution in [1.82, 2.24) is 15.8 Å². The van der Waals surface area contributed by atoms with Crippen molar-refractivity contribution in [2.75, 3.05) is 19.7 Å². The second-order valence-corrected chi connectivity index (χ2v) is 5.94. The summed E-state index contributed by atoms with van der Waals surface area (Å²) >= 11 is 0. The summed E-state index contributed by atoms with van der Waals surface area (Å²) < 4.78 is 5.36. The Morgan fingerprint density at radius 3 is 2.11 bits per heavy atom. The van der Waals surface area contributed by atoms with Crippen LogP contribution in [0.5, 0.6) is 5.75 Å².